The Morgan fingerprint density at radius 2 is 2.14 bits per heavy atom. The van der Waals surface area contributed by atoms with E-state index in [1.165, 1.54) is 0 Å². The SMILES string of the molecule is Cc1ccc(C)c(OC[C@H](O)CCl)c1. The van der Waals surface area contributed by atoms with Crippen LogP contribution < -0.4 is 4.74 Å². The van der Waals surface area contributed by atoms with Crippen LogP contribution in [-0.2, 0) is 0 Å². The molecule has 0 aliphatic carbocycles. The summed E-state index contributed by atoms with van der Waals surface area (Å²) in [7, 11) is 0. The lowest BCUT2D eigenvalue weighted by Crippen LogP contribution is -2.19. The van der Waals surface area contributed by atoms with Crippen LogP contribution in [0.1, 0.15) is 11.1 Å². The number of ether oxygens (including phenoxy) is 1. The number of benzene rings is 1. The molecule has 1 rings (SSSR count). The zero-order valence-corrected chi connectivity index (χ0v) is 9.21. The Kier molecular flexibility index (Phi) is 4.23. The lowest BCUT2D eigenvalue weighted by Gasteiger charge is -2.12. The number of halogens is 1. The highest BCUT2D eigenvalue weighted by atomic mass is 35.5. The molecule has 0 heterocycles. The van der Waals surface area contributed by atoms with Crippen molar-refractivity contribution in [1.82, 2.24) is 0 Å². The third kappa shape index (κ3) is 3.20. The van der Waals surface area contributed by atoms with Crippen LogP contribution in [0.4, 0.5) is 0 Å². The van der Waals surface area contributed by atoms with Gasteiger partial charge in [-0.25, -0.2) is 0 Å². The lowest BCUT2D eigenvalue weighted by molar-refractivity contribution is 0.125. The fourth-order valence-electron chi connectivity index (χ4n) is 1.09. The first-order valence-electron chi connectivity index (χ1n) is 4.57. The first-order chi connectivity index (χ1) is 6.63. The Labute approximate surface area is 89.5 Å². The maximum absolute atomic E-state index is 9.22. The highest BCUT2D eigenvalue weighted by molar-refractivity contribution is 6.18. The van der Waals surface area contributed by atoms with E-state index in [0.29, 0.717) is 0 Å². The van der Waals surface area contributed by atoms with Gasteiger partial charge in [0.2, 0.25) is 0 Å². The second kappa shape index (κ2) is 5.23. The van der Waals surface area contributed by atoms with Crippen molar-refractivity contribution < 1.29 is 9.84 Å². The smallest absolute Gasteiger partial charge is 0.122 e. The summed E-state index contributed by atoms with van der Waals surface area (Å²) in [6, 6.07) is 5.98. The molecule has 0 aliphatic rings. The van der Waals surface area contributed by atoms with E-state index in [0.717, 1.165) is 16.9 Å². The highest BCUT2D eigenvalue weighted by Crippen LogP contribution is 2.19. The van der Waals surface area contributed by atoms with Gasteiger partial charge in [0.05, 0.1) is 5.88 Å². The molecule has 3 heteroatoms. The normalized spacial score (nSPS) is 12.6. The van der Waals surface area contributed by atoms with Gasteiger partial charge in [-0.1, -0.05) is 12.1 Å². The molecule has 1 aromatic carbocycles. The van der Waals surface area contributed by atoms with Crippen LogP contribution in [0, 0.1) is 13.8 Å². The lowest BCUT2D eigenvalue weighted by atomic mass is 10.1. The molecule has 0 saturated heterocycles. The molecule has 0 spiro atoms. The summed E-state index contributed by atoms with van der Waals surface area (Å²) in [6.45, 7) is 4.22. The second-order valence-electron chi connectivity index (χ2n) is 3.39. The molecular formula is C11H15ClO2. The van der Waals surface area contributed by atoms with Crippen molar-refractivity contribution in [1.29, 1.82) is 0 Å². The second-order valence-corrected chi connectivity index (χ2v) is 3.70. The zero-order valence-electron chi connectivity index (χ0n) is 8.46. The zero-order chi connectivity index (χ0) is 10.6. The van der Waals surface area contributed by atoms with Gasteiger partial charge >= 0.3 is 0 Å². The van der Waals surface area contributed by atoms with Gasteiger partial charge in [0, 0.05) is 0 Å². The molecule has 0 aliphatic heterocycles. The summed E-state index contributed by atoms with van der Waals surface area (Å²) in [6.07, 6.45) is -0.600. The van der Waals surface area contributed by atoms with Crippen LogP contribution in [0.2, 0.25) is 0 Å². The molecule has 0 unspecified atom stereocenters. The third-order valence-corrected chi connectivity index (χ3v) is 2.31. The monoisotopic (exact) mass is 214 g/mol. The number of alkyl halides is 1. The fraction of sp³-hybridized carbons (Fsp3) is 0.455. The maximum atomic E-state index is 9.22. The number of aliphatic hydroxyl groups excluding tert-OH is 1. The average molecular weight is 215 g/mol. The van der Waals surface area contributed by atoms with E-state index in [4.69, 9.17) is 16.3 Å². The quantitative estimate of drug-likeness (QED) is 0.780. The molecule has 0 saturated carbocycles. The predicted octanol–water partition coefficient (Wildman–Crippen LogP) is 2.28. The Morgan fingerprint density at radius 3 is 2.79 bits per heavy atom. The molecule has 2 nitrogen and oxygen atoms in total. The van der Waals surface area contributed by atoms with E-state index < -0.39 is 6.10 Å². The molecule has 0 amide bonds. The third-order valence-electron chi connectivity index (χ3n) is 1.95. The summed E-state index contributed by atoms with van der Waals surface area (Å²) < 4.78 is 5.44. The van der Waals surface area contributed by atoms with Crippen LogP contribution in [0.25, 0.3) is 0 Å². The van der Waals surface area contributed by atoms with Crippen LogP contribution in [0.3, 0.4) is 0 Å². The molecule has 78 valence electrons. The van der Waals surface area contributed by atoms with Crippen LogP contribution in [0.5, 0.6) is 5.75 Å². The number of rotatable bonds is 4. The Bertz CT molecular complexity index is 299. The molecule has 1 atom stereocenters. The fourth-order valence-corrected chi connectivity index (χ4v) is 1.18. The van der Waals surface area contributed by atoms with Crippen molar-refractivity contribution in [3.63, 3.8) is 0 Å². The highest BCUT2D eigenvalue weighted by Gasteiger charge is 2.04. The van der Waals surface area contributed by atoms with Gasteiger partial charge in [0.1, 0.15) is 18.5 Å². The van der Waals surface area contributed by atoms with Gasteiger partial charge in [-0.3, -0.25) is 0 Å². The van der Waals surface area contributed by atoms with Crippen molar-refractivity contribution in [3.05, 3.63) is 29.3 Å². The van der Waals surface area contributed by atoms with Crippen molar-refractivity contribution >= 4 is 11.6 Å². The van der Waals surface area contributed by atoms with Gasteiger partial charge in [-0.05, 0) is 31.0 Å². The van der Waals surface area contributed by atoms with Crippen molar-refractivity contribution in [3.8, 4) is 5.75 Å². The Balaban J connectivity index is 2.62. The molecule has 0 radical (unpaired) electrons. The maximum Gasteiger partial charge on any atom is 0.122 e. The summed E-state index contributed by atoms with van der Waals surface area (Å²) in [5.74, 6) is 1.01. The van der Waals surface area contributed by atoms with Gasteiger partial charge in [-0.15, -0.1) is 11.6 Å². The standard InChI is InChI=1S/C11H15ClO2/c1-8-3-4-9(2)11(5-8)14-7-10(13)6-12/h3-5,10,13H,6-7H2,1-2H3/t10-/m1/s1. The van der Waals surface area contributed by atoms with Gasteiger partial charge < -0.3 is 9.84 Å². The minimum Gasteiger partial charge on any atom is -0.491 e. The van der Waals surface area contributed by atoms with Gasteiger partial charge in [0.25, 0.3) is 0 Å². The molecule has 0 bridgehead atoms. The van der Waals surface area contributed by atoms with Gasteiger partial charge in [0.15, 0.2) is 0 Å². The van der Waals surface area contributed by atoms with E-state index in [1.807, 2.05) is 32.0 Å². The van der Waals surface area contributed by atoms with Crippen LogP contribution in [0.15, 0.2) is 18.2 Å². The Morgan fingerprint density at radius 1 is 1.43 bits per heavy atom. The summed E-state index contributed by atoms with van der Waals surface area (Å²) in [5.41, 5.74) is 2.21. The minimum absolute atomic E-state index is 0.199. The van der Waals surface area contributed by atoms with E-state index in [1.54, 1.807) is 0 Å². The number of hydrogen-bond acceptors (Lipinski definition) is 2. The first kappa shape index (κ1) is 11.3. The first-order valence-corrected chi connectivity index (χ1v) is 5.11. The van der Waals surface area contributed by atoms with E-state index in [-0.39, 0.29) is 12.5 Å². The number of aryl methyl sites for hydroxylation is 2. The van der Waals surface area contributed by atoms with E-state index in [9.17, 15) is 5.11 Å². The molecule has 1 N–H and O–H groups in total. The topological polar surface area (TPSA) is 29.5 Å². The average Bonchev–Trinajstić information content (AvgIpc) is 2.19. The molecule has 0 fully saturated rings. The minimum atomic E-state index is -0.600. The molecule has 14 heavy (non-hydrogen) atoms. The summed E-state index contributed by atoms with van der Waals surface area (Å²) >= 11 is 5.46. The van der Waals surface area contributed by atoms with Crippen molar-refractivity contribution in [2.24, 2.45) is 0 Å². The van der Waals surface area contributed by atoms with Crippen molar-refractivity contribution in [2.45, 2.75) is 20.0 Å². The molecular weight excluding hydrogens is 200 g/mol. The largest absolute Gasteiger partial charge is 0.491 e. The van der Waals surface area contributed by atoms with Crippen LogP contribution in [-0.4, -0.2) is 23.7 Å². The molecule has 1 aromatic rings. The van der Waals surface area contributed by atoms with Crippen molar-refractivity contribution in [2.75, 3.05) is 12.5 Å². The van der Waals surface area contributed by atoms with E-state index >= 15 is 0 Å². The number of aliphatic hydroxyl groups is 1. The van der Waals surface area contributed by atoms with E-state index in [2.05, 4.69) is 0 Å². The van der Waals surface area contributed by atoms with Gasteiger partial charge in [-0.2, -0.15) is 0 Å². The predicted molar refractivity (Wildman–Crippen MR) is 58.1 cm³/mol. The molecule has 0 aromatic heterocycles. The summed E-state index contributed by atoms with van der Waals surface area (Å²) in [5, 5.41) is 9.22. The van der Waals surface area contributed by atoms with Crippen LogP contribution >= 0.6 is 11.6 Å². The summed E-state index contributed by atoms with van der Waals surface area (Å²) in [4.78, 5) is 0. The Hall–Kier alpha value is -0.730. The number of hydrogen-bond donors (Lipinski definition) is 1.